The molecule has 5 rings (SSSR count). The molecule has 0 saturated carbocycles. The Kier molecular flexibility index (Phi) is 6.39. The average Bonchev–Trinajstić information content (AvgIpc) is 3.31. The first-order valence-corrected chi connectivity index (χ1v) is 13.1. The lowest BCUT2D eigenvalue weighted by atomic mass is 10.0. The number of hydrogen-bond donors (Lipinski definition) is 2. The number of sulfonamides is 1. The molecule has 186 valence electrons. The molecule has 2 N–H and O–H groups in total. The summed E-state index contributed by atoms with van der Waals surface area (Å²) in [6.45, 7) is 4.35. The van der Waals surface area contributed by atoms with Gasteiger partial charge in [-0.1, -0.05) is 0 Å². The Bertz CT molecular complexity index is 1350. The Balaban J connectivity index is 1.31. The molecule has 0 aliphatic carbocycles. The maximum atomic E-state index is 13.3. The van der Waals surface area contributed by atoms with Crippen LogP contribution in [0.5, 0.6) is 5.75 Å². The summed E-state index contributed by atoms with van der Waals surface area (Å²) in [4.78, 5) is 15.2. The zero-order valence-corrected chi connectivity index (χ0v) is 20.6. The van der Waals surface area contributed by atoms with Crippen molar-refractivity contribution in [2.75, 3.05) is 50.2 Å². The lowest BCUT2D eigenvalue weighted by Crippen LogP contribution is -2.44. The monoisotopic (exact) mass is 499 g/mol. The minimum Gasteiger partial charge on any atom is -0.490 e. The van der Waals surface area contributed by atoms with Gasteiger partial charge in [-0.15, -0.1) is 0 Å². The molecule has 0 bridgehead atoms. The number of anilines is 2. The summed E-state index contributed by atoms with van der Waals surface area (Å²) in [6, 6.07) is 9.31. The van der Waals surface area contributed by atoms with Crippen LogP contribution >= 0.6 is 0 Å². The van der Waals surface area contributed by atoms with E-state index in [0.717, 1.165) is 53.9 Å². The molecular formula is C24H29N5O5S. The minimum atomic E-state index is -3.92. The zero-order chi connectivity index (χ0) is 24.6. The highest BCUT2D eigenvalue weighted by molar-refractivity contribution is 7.89. The number of amides is 1. The maximum absolute atomic E-state index is 13.3. The van der Waals surface area contributed by atoms with Crippen molar-refractivity contribution >= 4 is 38.2 Å². The molecule has 0 atom stereocenters. The first-order valence-electron chi connectivity index (χ1n) is 11.6. The van der Waals surface area contributed by atoms with Crippen molar-refractivity contribution in [1.29, 1.82) is 0 Å². The van der Waals surface area contributed by atoms with Crippen LogP contribution in [0, 0.1) is 6.92 Å². The van der Waals surface area contributed by atoms with E-state index in [9.17, 15) is 13.2 Å². The van der Waals surface area contributed by atoms with Gasteiger partial charge in [-0.3, -0.25) is 9.89 Å². The van der Waals surface area contributed by atoms with Crippen molar-refractivity contribution in [3.8, 4) is 5.75 Å². The SMILES string of the molecule is Cc1cc(S(=O)(=O)N(C)CC(=O)Nc2ccc3c(c2)N(C2CCOCC2)CCO3)c2[nH]ncc2c1. The molecule has 11 heteroatoms. The molecule has 2 aromatic carbocycles. The molecule has 3 aromatic rings. The van der Waals surface area contributed by atoms with Crippen molar-refractivity contribution in [3.63, 3.8) is 0 Å². The van der Waals surface area contributed by atoms with Gasteiger partial charge in [0, 0.05) is 37.4 Å². The van der Waals surface area contributed by atoms with E-state index >= 15 is 0 Å². The molecule has 10 nitrogen and oxygen atoms in total. The van der Waals surface area contributed by atoms with Crippen LogP contribution in [0.2, 0.25) is 0 Å². The van der Waals surface area contributed by atoms with Crippen molar-refractivity contribution in [3.05, 3.63) is 42.1 Å². The standard InChI is InChI=1S/C24H29N5O5S/c1-16-11-17-14-25-27-24(17)22(12-16)35(31,32)28(2)15-23(30)26-18-3-4-21-20(13-18)29(7-10-34-21)19-5-8-33-9-6-19/h3-4,11-14,19H,5-10,15H2,1-2H3,(H,25,27)(H,26,30). The smallest absolute Gasteiger partial charge is 0.245 e. The number of ether oxygens (including phenoxy) is 2. The quantitative estimate of drug-likeness (QED) is 0.535. The van der Waals surface area contributed by atoms with Crippen LogP contribution in [-0.4, -0.2) is 74.8 Å². The van der Waals surface area contributed by atoms with Gasteiger partial charge in [-0.2, -0.15) is 9.40 Å². The Labute approximate surface area is 204 Å². The molecule has 2 aliphatic heterocycles. The summed E-state index contributed by atoms with van der Waals surface area (Å²) in [5, 5.41) is 10.3. The lowest BCUT2D eigenvalue weighted by molar-refractivity contribution is -0.116. The number of aromatic amines is 1. The number of aromatic nitrogens is 2. The van der Waals surface area contributed by atoms with Gasteiger partial charge in [-0.05, 0) is 55.7 Å². The maximum Gasteiger partial charge on any atom is 0.245 e. The molecular weight excluding hydrogens is 470 g/mol. The van der Waals surface area contributed by atoms with E-state index in [0.29, 0.717) is 29.2 Å². The number of H-pyrrole nitrogens is 1. The zero-order valence-electron chi connectivity index (χ0n) is 19.8. The van der Waals surface area contributed by atoms with Crippen molar-refractivity contribution in [1.82, 2.24) is 14.5 Å². The molecule has 1 saturated heterocycles. The molecule has 35 heavy (non-hydrogen) atoms. The third-order valence-corrected chi connectivity index (χ3v) is 8.31. The number of likely N-dealkylation sites (N-methyl/N-ethyl adjacent to an activating group) is 1. The number of nitrogens with zero attached hydrogens (tertiary/aromatic N) is 3. The molecule has 0 unspecified atom stereocenters. The topological polar surface area (TPSA) is 117 Å². The van der Waals surface area contributed by atoms with E-state index in [1.54, 1.807) is 18.3 Å². The number of carbonyl (C=O) groups is 1. The molecule has 0 spiro atoms. The van der Waals surface area contributed by atoms with E-state index < -0.39 is 15.9 Å². The molecule has 0 radical (unpaired) electrons. The second kappa shape index (κ2) is 9.48. The van der Waals surface area contributed by atoms with E-state index in [1.165, 1.54) is 7.05 Å². The number of aryl methyl sites for hydroxylation is 1. The largest absolute Gasteiger partial charge is 0.490 e. The summed E-state index contributed by atoms with van der Waals surface area (Å²) in [5.74, 6) is 0.349. The van der Waals surface area contributed by atoms with Crippen LogP contribution in [0.15, 0.2) is 41.4 Å². The predicted molar refractivity (Wildman–Crippen MR) is 132 cm³/mol. The second-order valence-corrected chi connectivity index (χ2v) is 11.0. The van der Waals surface area contributed by atoms with Gasteiger partial charge in [-0.25, -0.2) is 8.42 Å². The number of rotatable bonds is 6. The summed E-state index contributed by atoms with van der Waals surface area (Å²) < 4.78 is 38.9. The third kappa shape index (κ3) is 4.71. The van der Waals surface area contributed by atoms with Crippen LogP contribution in [0.4, 0.5) is 11.4 Å². The molecule has 1 fully saturated rings. The van der Waals surface area contributed by atoms with Gasteiger partial charge in [0.05, 0.1) is 30.5 Å². The van der Waals surface area contributed by atoms with E-state index in [4.69, 9.17) is 9.47 Å². The van der Waals surface area contributed by atoms with E-state index in [-0.39, 0.29) is 11.4 Å². The highest BCUT2D eigenvalue weighted by Crippen LogP contribution is 2.37. The normalized spacial score (nSPS) is 16.8. The van der Waals surface area contributed by atoms with Crippen molar-refractivity contribution < 1.29 is 22.7 Å². The first-order chi connectivity index (χ1) is 16.8. The van der Waals surface area contributed by atoms with Crippen LogP contribution in [0.1, 0.15) is 18.4 Å². The Morgan fingerprint density at radius 1 is 1.23 bits per heavy atom. The van der Waals surface area contributed by atoms with Crippen LogP contribution in [0.3, 0.4) is 0 Å². The Morgan fingerprint density at radius 2 is 2.03 bits per heavy atom. The Morgan fingerprint density at radius 3 is 2.83 bits per heavy atom. The van der Waals surface area contributed by atoms with Crippen LogP contribution in [0.25, 0.3) is 10.9 Å². The summed E-state index contributed by atoms with van der Waals surface area (Å²) in [6.07, 6.45) is 3.47. The van der Waals surface area contributed by atoms with Crippen molar-refractivity contribution in [2.45, 2.75) is 30.7 Å². The van der Waals surface area contributed by atoms with E-state index in [1.807, 2.05) is 25.1 Å². The van der Waals surface area contributed by atoms with Crippen molar-refractivity contribution in [2.24, 2.45) is 0 Å². The van der Waals surface area contributed by atoms with Gasteiger partial charge in [0.1, 0.15) is 17.3 Å². The van der Waals surface area contributed by atoms with Gasteiger partial charge < -0.3 is 19.7 Å². The number of carbonyl (C=O) groups excluding carboxylic acids is 1. The van der Waals surface area contributed by atoms with Gasteiger partial charge in [0.15, 0.2) is 0 Å². The predicted octanol–water partition coefficient (Wildman–Crippen LogP) is 2.51. The first kappa shape index (κ1) is 23.6. The van der Waals surface area contributed by atoms with Gasteiger partial charge >= 0.3 is 0 Å². The minimum absolute atomic E-state index is 0.0957. The summed E-state index contributed by atoms with van der Waals surface area (Å²) in [7, 11) is -2.53. The molecule has 3 heterocycles. The fourth-order valence-corrected chi connectivity index (χ4v) is 6.10. The molecule has 2 aliphatic rings. The van der Waals surface area contributed by atoms with Crippen LogP contribution < -0.4 is 15.0 Å². The number of benzene rings is 2. The number of nitrogens with one attached hydrogen (secondary N) is 2. The molecule has 1 amide bonds. The van der Waals surface area contributed by atoms with Crippen LogP contribution in [-0.2, 0) is 19.6 Å². The number of hydrogen-bond acceptors (Lipinski definition) is 7. The summed E-state index contributed by atoms with van der Waals surface area (Å²) >= 11 is 0. The average molecular weight is 500 g/mol. The second-order valence-electron chi connectivity index (χ2n) is 8.97. The van der Waals surface area contributed by atoms with Gasteiger partial charge in [0.2, 0.25) is 15.9 Å². The highest BCUT2D eigenvalue weighted by Gasteiger charge is 2.29. The summed E-state index contributed by atoms with van der Waals surface area (Å²) in [5.41, 5.74) is 2.74. The fourth-order valence-electron chi connectivity index (χ4n) is 4.72. The van der Waals surface area contributed by atoms with E-state index in [2.05, 4.69) is 20.4 Å². The lowest BCUT2D eigenvalue weighted by Gasteiger charge is -2.39. The number of fused-ring (bicyclic) bond motifs is 2. The molecule has 1 aromatic heterocycles. The third-order valence-electron chi connectivity index (χ3n) is 6.48. The fraction of sp³-hybridized carbons (Fsp3) is 0.417. The Hall–Kier alpha value is -3.15. The highest BCUT2D eigenvalue weighted by atomic mass is 32.2. The van der Waals surface area contributed by atoms with Gasteiger partial charge in [0.25, 0.3) is 0 Å².